The molecule has 0 spiro atoms. The van der Waals surface area contributed by atoms with Crippen LogP contribution in [0, 0.1) is 22.7 Å². The van der Waals surface area contributed by atoms with Crippen molar-refractivity contribution in [3.05, 3.63) is 0 Å². The first-order valence-electron chi connectivity index (χ1n) is 7.39. The molecule has 0 aromatic heterocycles. The third-order valence-corrected chi connectivity index (χ3v) is 2.30. The monoisotopic (exact) mass is 467 g/mol. The zero-order chi connectivity index (χ0) is 22.4. The summed E-state index contributed by atoms with van der Waals surface area (Å²) >= 11 is 0. The molecule has 1 heterocycles. The molecule has 0 bridgehead atoms. The molecule has 0 atom stereocenters. The standard InChI is InChI=1S/C8H12B2F4N4O4.2C2H3N.Co/c1-5-6(2)16-20-10(13,14)22-18-8(4)7(3)17-21-9(11,12)19-15-5;2*1-2-3;/h1-4H3;2*1H3;/q-2;;;+2/b15-5+,16-6+,17-7+,18-8+;;;. The van der Waals surface area contributed by atoms with Gasteiger partial charge in [-0.25, -0.2) is 0 Å². The smallest absolute Gasteiger partial charge is 0.519 e. The van der Waals surface area contributed by atoms with Crippen LogP contribution in [0.4, 0.5) is 17.3 Å². The molecule has 163 valence electrons. The Kier molecular flexibility index (Phi) is 16.2. The number of halogens is 4. The van der Waals surface area contributed by atoms with Gasteiger partial charge < -0.3 is 36.3 Å². The second-order valence-electron chi connectivity index (χ2n) is 4.65. The van der Waals surface area contributed by atoms with Crippen molar-refractivity contribution in [2.24, 2.45) is 20.6 Å². The van der Waals surface area contributed by atoms with Gasteiger partial charge in [0.15, 0.2) is 0 Å². The molecule has 0 aromatic rings. The quantitative estimate of drug-likeness (QED) is 0.396. The van der Waals surface area contributed by atoms with E-state index in [9.17, 15) is 17.3 Å². The minimum atomic E-state index is -4.85. The predicted molar refractivity (Wildman–Crippen MR) is 95.3 cm³/mol. The maximum absolute atomic E-state index is 13.2. The third-order valence-electron chi connectivity index (χ3n) is 2.30. The molecular weight excluding hydrogens is 449 g/mol. The van der Waals surface area contributed by atoms with Crippen molar-refractivity contribution in [1.82, 2.24) is 0 Å². The summed E-state index contributed by atoms with van der Waals surface area (Å²) in [5.41, 5.74) is -0.966. The fourth-order valence-corrected chi connectivity index (χ4v) is 0.864. The van der Waals surface area contributed by atoms with E-state index >= 15 is 0 Å². The summed E-state index contributed by atoms with van der Waals surface area (Å²) in [4.78, 5) is 0. The molecule has 0 unspecified atom stereocenters. The van der Waals surface area contributed by atoms with Crippen LogP contribution < -0.4 is 0 Å². The average Bonchev–Trinajstić information content (AvgIpc) is 2.61. The van der Waals surface area contributed by atoms with Gasteiger partial charge >= 0.3 is 31.0 Å². The van der Waals surface area contributed by atoms with Gasteiger partial charge in [0, 0.05) is 13.8 Å². The van der Waals surface area contributed by atoms with Gasteiger partial charge in [-0.3, -0.25) is 0 Å². The number of hydrogen-bond acceptors (Lipinski definition) is 10. The van der Waals surface area contributed by atoms with Crippen LogP contribution in [0.3, 0.4) is 0 Å². The van der Waals surface area contributed by atoms with Crippen molar-refractivity contribution < 1.29 is 53.1 Å². The molecule has 0 amide bonds. The Morgan fingerprint density at radius 3 is 0.897 bits per heavy atom. The van der Waals surface area contributed by atoms with E-state index in [4.69, 9.17) is 10.5 Å². The van der Waals surface area contributed by atoms with Gasteiger partial charge in [-0.15, -0.1) is 20.6 Å². The average molecular weight is 467 g/mol. The van der Waals surface area contributed by atoms with Crippen molar-refractivity contribution in [1.29, 1.82) is 10.5 Å². The van der Waals surface area contributed by atoms with Gasteiger partial charge in [-0.2, -0.15) is 10.5 Å². The van der Waals surface area contributed by atoms with Gasteiger partial charge in [0.05, 0.1) is 35.0 Å². The Bertz CT molecular complexity index is 618. The van der Waals surface area contributed by atoms with E-state index in [2.05, 4.69) is 39.6 Å². The van der Waals surface area contributed by atoms with Crippen molar-refractivity contribution in [2.75, 3.05) is 0 Å². The Hall–Kier alpha value is -2.78. The summed E-state index contributed by atoms with van der Waals surface area (Å²) in [7, 11) is -9.71. The van der Waals surface area contributed by atoms with E-state index in [1.54, 1.807) is 12.1 Å². The van der Waals surface area contributed by atoms with Crippen LogP contribution >= 0.6 is 0 Å². The summed E-state index contributed by atoms with van der Waals surface area (Å²) in [6, 6.07) is 3.50. The Labute approximate surface area is 175 Å². The van der Waals surface area contributed by atoms with Crippen LogP contribution in [0.25, 0.3) is 0 Å². The van der Waals surface area contributed by atoms with Gasteiger partial charge in [-0.05, 0) is 27.7 Å². The zero-order valence-electron chi connectivity index (χ0n) is 16.3. The molecule has 0 saturated heterocycles. The molecule has 29 heavy (non-hydrogen) atoms. The molecule has 1 aliphatic rings. The molecule has 0 aliphatic carbocycles. The molecule has 17 heteroatoms. The van der Waals surface area contributed by atoms with E-state index in [0.717, 1.165) is 0 Å². The van der Waals surface area contributed by atoms with Gasteiger partial charge in [0.2, 0.25) is 0 Å². The second-order valence-corrected chi connectivity index (χ2v) is 4.65. The van der Waals surface area contributed by atoms with Crippen LogP contribution in [0.15, 0.2) is 20.6 Å². The zero-order valence-corrected chi connectivity index (χ0v) is 17.4. The van der Waals surface area contributed by atoms with Crippen molar-refractivity contribution in [3.63, 3.8) is 0 Å². The van der Waals surface area contributed by atoms with E-state index in [1.165, 1.54) is 41.5 Å². The minimum absolute atomic E-state index is 0. The number of rotatable bonds is 0. The van der Waals surface area contributed by atoms with Gasteiger partial charge in [0.25, 0.3) is 0 Å². The molecule has 0 aromatic carbocycles. The Balaban J connectivity index is -0.000000857. The first-order chi connectivity index (χ1) is 12.9. The normalized spacial score (nSPS) is 24.6. The first kappa shape index (κ1) is 30.9. The maximum Gasteiger partial charge on any atom is 2.00 e. The van der Waals surface area contributed by atoms with Crippen molar-refractivity contribution >= 4 is 37.1 Å². The number of nitrogens with zero attached hydrogens (tertiary/aromatic N) is 6. The summed E-state index contributed by atoms with van der Waals surface area (Å²) < 4.78 is 68.5. The van der Waals surface area contributed by atoms with E-state index in [0.29, 0.717) is 0 Å². The minimum Gasteiger partial charge on any atom is -0.519 e. The van der Waals surface area contributed by atoms with Crippen molar-refractivity contribution in [2.45, 2.75) is 41.5 Å². The van der Waals surface area contributed by atoms with Gasteiger partial charge in [0.1, 0.15) is 0 Å². The number of hydrogen-bond donors (Lipinski definition) is 0. The molecule has 1 rings (SSSR count). The Morgan fingerprint density at radius 2 is 0.759 bits per heavy atom. The topological polar surface area (TPSA) is 134 Å². The molecular formula is C12H18B2CoF4N6O4. The van der Waals surface area contributed by atoms with Crippen molar-refractivity contribution in [3.8, 4) is 12.1 Å². The summed E-state index contributed by atoms with van der Waals surface area (Å²) in [5, 5.41) is 26.7. The van der Waals surface area contributed by atoms with E-state index in [-0.39, 0.29) is 39.6 Å². The number of nitriles is 2. The molecule has 0 saturated carbocycles. The first-order valence-corrected chi connectivity index (χ1v) is 7.39. The fraction of sp³-hybridized carbons (Fsp3) is 0.500. The molecule has 1 radical (unpaired) electrons. The van der Waals surface area contributed by atoms with Crippen LogP contribution in [-0.2, 0) is 35.8 Å². The molecule has 1 aliphatic heterocycles. The molecule has 10 nitrogen and oxygen atoms in total. The number of oxime groups is 4. The predicted octanol–water partition coefficient (Wildman–Crippen LogP) is 3.38. The fourth-order valence-electron chi connectivity index (χ4n) is 0.864. The largest absolute Gasteiger partial charge is 2.00 e. The van der Waals surface area contributed by atoms with Crippen LogP contribution in [-0.4, -0.2) is 37.1 Å². The van der Waals surface area contributed by atoms with E-state index in [1.807, 2.05) is 0 Å². The molecule has 0 fully saturated rings. The van der Waals surface area contributed by atoms with Crippen LogP contribution in [0.5, 0.6) is 0 Å². The van der Waals surface area contributed by atoms with Crippen LogP contribution in [0.2, 0.25) is 0 Å². The summed E-state index contributed by atoms with van der Waals surface area (Å²) in [5.74, 6) is 0. The van der Waals surface area contributed by atoms with Crippen LogP contribution in [0.1, 0.15) is 41.5 Å². The summed E-state index contributed by atoms with van der Waals surface area (Å²) in [6.07, 6.45) is 0. The second kappa shape index (κ2) is 15.2. The molecule has 0 N–H and O–H groups in total. The Morgan fingerprint density at radius 1 is 0.621 bits per heavy atom. The SMILES string of the molecule is CC#N.CC#N.CC1=N\O[B-](F)(F)O/N=C(C)/C(C)=N/O[B-](F)(F)O\N=C\1C.[Co+2]. The van der Waals surface area contributed by atoms with Gasteiger partial charge in [-0.1, -0.05) is 0 Å². The summed E-state index contributed by atoms with van der Waals surface area (Å²) in [6.45, 7) is 7.60. The maximum atomic E-state index is 13.2. The van der Waals surface area contributed by atoms with E-state index < -0.39 is 14.2 Å². The third kappa shape index (κ3) is 15.9.